The summed E-state index contributed by atoms with van der Waals surface area (Å²) in [5, 5.41) is 15.9. The van der Waals surface area contributed by atoms with Crippen molar-refractivity contribution in [2.45, 2.75) is 6.42 Å². The summed E-state index contributed by atoms with van der Waals surface area (Å²) in [6.45, 7) is 0.0234. The molecule has 1 aromatic heterocycles. The van der Waals surface area contributed by atoms with Gasteiger partial charge in [0.2, 0.25) is 5.91 Å². The molecule has 6 heteroatoms. The number of hydrogen-bond donors (Lipinski definition) is 3. The molecule has 0 bridgehead atoms. The van der Waals surface area contributed by atoms with E-state index < -0.39 is 0 Å². The minimum atomic E-state index is -0.283. The Labute approximate surface area is 126 Å². The van der Waals surface area contributed by atoms with Gasteiger partial charge in [0.25, 0.3) is 5.91 Å². The van der Waals surface area contributed by atoms with Gasteiger partial charge in [-0.2, -0.15) is 0 Å². The first-order valence-electron chi connectivity index (χ1n) is 6.50. The van der Waals surface area contributed by atoms with Crippen LogP contribution in [0.3, 0.4) is 0 Å². The van der Waals surface area contributed by atoms with Crippen LogP contribution in [0.4, 0.5) is 5.69 Å². The van der Waals surface area contributed by atoms with E-state index >= 15 is 0 Å². The van der Waals surface area contributed by atoms with E-state index in [1.807, 2.05) is 17.5 Å². The second kappa shape index (κ2) is 7.56. The van der Waals surface area contributed by atoms with Gasteiger partial charge >= 0.3 is 0 Å². The Morgan fingerprint density at radius 2 is 1.90 bits per heavy atom. The molecule has 5 nitrogen and oxygen atoms in total. The van der Waals surface area contributed by atoms with E-state index in [0.717, 1.165) is 5.56 Å². The number of carbonyl (C=O) groups excluding carboxylic acids is 2. The summed E-state index contributed by atoms with van der Waals surface area (Å²) >= 11 is 1.33. The van der Waals surface area contributed by atoms with Crippen LogP contribution in [0.15, 0.2) is 41.8 Å². The van der Waals surface area contributed by atoms with Crippen LogP contribution in [0, 0.1) is 0 Å². The van der Waals surface area contributed by atoms with Gasteiger partial charge in [-0.1, -0.05) is 18.2 Å². The maximum absolute atomic E-state index is 11.7. The molecule has 0 aliphatic heterocycles. The third-order valence-corrected chi connectivity index (χ3v) is 3.66. The molecule has 1 aromatic carbocycles. The number of amides is 2. The lowest BCUT2D eigenvalue weighted by Crippen LogP contribution is -2.32. The zero-order valence-electron chi connectivity index (χ0n) is 11.3. The molecule has 0 spiro atoms. The zero-order chi connectivity index (χ0) is 15.1. The Balaban J connectivity index is 1.80. The van der Waals surface area contributed by atoms with Gasteiger partial charge < -0.3 is 15.7 Å². The molecular formula is C15H16N2O3S. The van der Waals surface area contributed by atoms with E-state index in [0.29, 0.717) is 17.0 Å². The maximum Gasteiger partial charge on any atom is 0.261 e. The van der Waals surface area contributed by atoms with Gasteiger partial charge in [-0.05, 0) is 35.6 Å². The highest BCUT2D eigenvalue weighted by atomic mass is 32.1. The summed E-state index contributed by atoms with van der Waals surface area (Å²) in [6.07, 6.45) is 0.588. The third-order valence-electron chi connectivity index (χ3n) is 2.79. The van der Waals surface area contributed by atoms with Crippen LogP contribution in [-0.4, -0.2) is 30.1 Å². The third kappa shape index (κ3) is 4.70. The largest absolute Gasteiger partial charge is 0.396 e. The number of benzene rings is 1. The first-order chi connectivity index (χ1) is 10.2. The molecule has 2 aromatic rings. The fraction of sp³-hybridized carbons (Fsp3) is 0.200. The summed E-state index contributed by atoms with van der Waals surface area (Å²) in [4.78, 5) is 24.0. The Morgan fingerprint density at radius 1 is 1.14 bits per heavy atom. The summed E-state index contributed by atoms with van der Waals surface area (Å²) in [5.74, 6) is -0.534. The lowest BCUT2D eigenvalue weighted by atomic mass is 10.1. The minimum Gasteiger partial charge on any atom is -0.396 e. The average Bonchev–Trinajstić information content (AvgIpc) is 3.01. The van der Waals surface area contributed by atoms with Gasteiger partial charge in [-0.15, -0.1) is 11.3 Å². The Kier molecular flexibility index (Phi) is 5.48. The molecule has 1 heterocycles. The highest BCUT2D eigenvalue weighted by Crippen LogP contribution is 2.10. The molecule has 0 unspecified atom stereocenters. The first-order valence-corrected chi connectivity index (χ1v) is 7.38. The van der Waals surface area contributed by atoms with Gasteiger partial charge in [0.05, 0.1) is 11.4 Å². The number of aliphatic hydroxyl groups excluding tert-OH is 1. The Hall–Kier alpha value is -2.18. The molecule has 110 valence electrons. The highest BCUT2D eigenvalue weighted by Gasteiger charge is 2.08. The predicted octanol–water partition coefficient (Wildman–Crippen LogP) is 1.65. The molecular weight excluding hydrogens is 288 g/mol. The Bertz CT molecular complexity index is 594. The van der Waals surface area contributed by atoms with Crippen LogP contribution >= 0.6 is 11.3 Å². The van der Waals surface area contributed by atoms with Gasteiger partial charge in [0.1, 0.15) is 0 Å². The van der Waals surface area contributed by atoms with Crippen molar-refractivity contribution < 1.29 is 14.7 Å². The van der Waals surface area contributed by atoms with Crippen molar-refractivity contribution in [2.24, 2.45) is 0 Å². The second-order valence-electron chi connectivity index (χ2n) is 4.38. The number of thiophene rings is 1. The molecule has 0 saturated carbocycles. The van der Waals surface area contributed by atoms with E-state index in [4.69, 9.17) is 5.11 Å². The molecule has 0 aliphatic rings. The topological polar surface area (TPSA) is 78.4 Å². The van der Waals surface area contributed by atoms with E-state index in [1.54, 1.807) is 24.3 Å². The molecule has 0 aliphatic carbocycles. The van der Waals surface area contributed by atoms with Gasteiger partial charge in [0.15, 0.2) is 0 Å². The number of nitrogens with one attached hydrogen (secondary N) is 2. The number of carbonyl (C=O) groups is 2. The number of anilines is 1. The van der Waals surface area contributed by atoms with Crippen molar-refractivity contribution in [2.75, 3.05) is 18.5 Å². The Morgan fingerprint density at radius 3 is 2.52 bits per heavy atom. The van der Waals surface area contributed by atoms with Crippen LogP contribution < -0.4 is 10.6 Å². The van der Waals surface area contributed by atoms with Crippen LogP contribution in [0.2, 0.25) is 0 Å². The molecule has 0 saturated heterocycles. The normalized spacial score (nSPS) is 10.1. The smallest absolute Gasteiger partial charge is 0.261 e. The van der Waals surface area contributed by atoms with Crippen molar-refractivity contribution >= 4 is 28.8 Å². The van der Waals surface area contributed by atoms with Crippen LogP contribution in [0.1, 0.15) is 15.2 Å². The van der Waals surface area contributed by atoms with Crippen molar-refractivity contribution in [1.82, 2.24) is 5.32 Å². The minimum absolute atomic E-state index is 0.0743. The fourth-order valence-electron chi connectivity index (χ4n) is 1.74. The van der Waals surface area contributed by atoms with E-state index in [9.17, 15) is 9.59 Å². The van der Waals surface area contributed by atoms with Crippen LogP contribution in [-0.2, 0) is 11.2 Å². The lowest BCUT2D eigenvalue weighted by molar-refractivity contribution is -0.115. The fourth-order valence-corrected chi connectivity index (χ4v) is 2.38. The predicted molar refractivity (Wildman–Crippen MR) is 82.5 cm³/mol. The quantitative estimate of drug-likeness (QED) is 0.759. The monoisotopic (exact) mass is 304 g/mol. The summed E-state index contributed by atoms with van der Waals surface area (Å²) < 4.78 is 0. The van der Waals surface area contributed by atoms with Gasteiger partial charge in [-0.25, -0.2) is 0 Å². The van der Waals surface area contributed by atoms with E-state index in [1.165, 1.54) is 11.3 Å². The summed E-state index contributed by atoms with van der Waals surface area (Å²) in [6, 6.07) is 10.7. The average molecular weight is 304 g/mol. The molecule has 21 heavy (non-hydrogen) atoms. The van der Waals surface area contributed by atoms with E-state index in [2.05, 4.69) is 10.6 Å². The molecule has 3 N–H and O–H groups in total. The van der Waals surface area contributed by atoms with Crippen molar-refractivity contribution in [3.63, 3.8) is 0 Å². The van der Waals surface area contributed by atoms with Gasteiger partial charge in [-0.3, -0.25) is 9.59 Å². The molecule has 0 radical (unpaired) electrons. The van der Waals surface area contributed by atoms with Crippen molar-refractivity contribution in [3.8, 4) is 0 Å². The van der Waals surface area contributed by atoms with Crippen LogP contribution in [0.25, 0.3) is 0 Å². The van der Waals surface area contributed by atoms with Gasteiger partial charge in [0, 0.05) is 12.3 Å². The molecule has 2 amide bonds. The highest BCUT2D eigenvalue weighted by molar-refractivity contribution is 7.12. The second-order valence-corrected chi connectivity index (χ2v) is 5.33. The van der Waals surface area contributed by atoms with Crippen LogP contribution in [0.5, 0.6) is 0 Å². The molecule has 2 rings (SSSR count). The van der Waals surface area contributed by atoms with Crippen molar-refractivity contribution in [1.29, 1.82) is 0 Å². The number of rotatable bonds is 6. The lowest BCUT2D eigenvalue weighted by Gasteiger charge is -2.07. The van der Waals surface area contributed by atoms with Crippen molar-refractivity contribution in [3.05, 3.63) is 52.2 Å². The SMILES string of the molecule is O=C(CNC(=O)c1cccs1)Nc1ccc(CCO)cc1. The number of hydrogen-bond acceptors (Lipinski definition) is 4. The standard InChI is InChI=1S/C15H16N2O3S/c18-8-7-11-3-5-12(6-4-11)17-14(19)10-16-15(20)13-2-1-9-21-13/h1-6,9,18H,7-8,10H2,(H,16,20)(H,17,19). The summed E-state index contributed by atoms with van der Waals surface area (Å²) in [5.41, 5.74) is 1.66. The van der Waals surface area contributed by atoms with E-state index in [-0.39, 0.29) is 25.0 Å². The maximum atomic E-state index is 11.7. The molecule has 0 atom stereocenters. The zero-order valence-corrected chi connectivity index (χ0v) is 12.2. The first kappa shape index (κ1) is 15.2. The molecule has 0 fully saturated rings. The summed E-state index contributed by atoms with van der Waals surface area (Å²) in [7, 11) is 0. The number of aliphatic hydroxyl groups is 1.